The fourth-order valence-electron chi connectivity index (χ4n) is 4.32. The van der Waals surface area contributed by atoms with Gasteiger partial charge < -0.3 is 10.2 Å². The Labute approximate surface area is 269 Å². The van der Waals surface area contributed by atoms with Gasteiger partial charge in [0.25, 0.3) is 0 Å². The Morgan fingerprint density at radius 1 is 0.932 bits per heavy atom. The average molecular weight is 693 g/mol. The molecule has 0 saturated carbocycles. The molecule has 0 aromatic heterocycles. The first-order valence-corrected chi connectivity index (χ1v) is 16.4. The van der Waals surface area contributed by atoms with E-state index in [2.05, 4.69) is 5.32 Å². The Morgan fingerprint density at radius 3 is 2.09 bits per heavy atom. The van der Waals surface area contributed by atoms with Gasteiger partial charge in [0.05, 0.1) is 22.5 Å². The first kappa shape index (κ1) is 35.5. The van der Waals surface area contributed by atoms with Gasteiger partial charge in [-0.15, -0.1) is 0 Å². The lowest BCUT2D eigenvalue weighted by Gasteiger charge is -2.34. The Bertz CT molecular complexity index is 1570. The number of hydrogen-bond acceptors (Lipinski definition) is 4. The molecule has 0 aliphatic rings. The molecule has 0 heterocycles. The molecule has 14 heteroatoms. The van der Waals surface area contributed by atoms with E-state index in [4.69, 9.17) is 34.8 Å². The molecule has 7 nitrogen and oxygen atoms in total. The topological polar surface area (TPSA) is 86.8 Å². The number of sulfonamides is 1. The van der Waals surface area contributed by atoms with E-state index in [0.29, 0.717) is 34.0 Å². The van der Waals surface area contributed by atoms with Crippen LogP contribution in [0.5, 0.6) is 0 Å². The highest BCUT2D eigenvalue weighted by atomic mass is 35.5. The van der Waals surface area contributed by atoms with E-state index in [0.717, 1.165) is 17.2 Å². The standard InChI is InChI=1S/C30H31Cl3F3N3O4S/c1-4-19(2)37-29(41)27(15-20-9-6-5-7-10-20)38(17-22-23(31)11-8-12-24(22)32)28(40)18-39(44(3,42)43)26-16-21(30(34,35)36)13-14-25(26)33/h5-14,16,19,27H,4,15,17-18H2,1-3H3,(H,37,41)/t19-,27+/m1/s1. The van der Waals surface area contributed by atoms with Crippen molar-refractivity contribution < 1.29 is 31.2 Å². The van der Waals surface area contributed by atoms with Crippen molar-refractivity contribution in [3.63, 3.8) is 0 Å². The minimum atomic E-state index is -4.81. The second-order valence-corrected chi connectivity index (χ2v) is 13.3. The van der Waals surface area contributed by atoms with Crippen LogP contribution in [0.1, 0.15) is 37.0 Å². The third kappa shape index (κ3) is 9.26. The minimum Gasteiger partial charge on any atom is -0.352 e. The van der Waals surface area contributed by atoms with Crippen molar-refractivity contribution in [1.82, 2.24) is 10.2 Å². The first-order valence-electron chi connectivity index (χ1n) is 13.4. The smallest absolute Gasteiger partial charge is 0.352 e. The number of hydrogen-bond donors (Lipinski definition) is 1. The number of alkyl halides is 3. The molecule has 0 aliphatic carbocycles. The third-order valence-corrected chi connectivity index (χ3v) is 9.04. The molecular formula is C30H31Cl3F3N3O4S. The zero-order valence-electron chi connectivity index (χ0n) is 24.0. The summed E-state index contributed by atoms with van der Waals surface area (Å²) in [5.74, 6) is -1.43. The van der Waals surface area contributed by atoms with Gasteiger partial charge in [-0.05, 0) is 49.2 Å². The minimum absolute atomic E-state index is 0.0279. The van der Waals surface area contributed by atoms with Gasteiger partial charge in [-0.3, -0.25) is 13.9 Å². The third-order valence-electron chi connectivity index (χ3n) is 6.88. The number of nitrogens with one attached hydrogen (secondary N) is 1. The second kappa shape index (κ2) is 14.9. The van der Waals surface area contributed by atoms with Gasteiger partial charge in [0.1, 0.15) is 12.6 Å². The fourth-order valence-corrected chi connectivity index (χ4v) is 5.96. The van der Waals surface area contributed by atoms with E-state index in [-0.39, 0.29) is 34.1 Å². The van der Waals surface area contributed by atoms with Crippen LogP contribution in [-0.2, 0) is 38.8 Å². The van der Waals surface area contributed by atoms with Gasteiger partial charge in [-0.1, -0.05) is 78.1 Å². The molecule has 3 rings (SSSR count). The lowest BCUT2D eigenvalue weighted by molar-refractivity contribution is -0.140. The second-order valence-electron chi connectivity index (χ2n) is 10.2. The van der Waals surface area contributed by atoms with E-state index in [1.807, 2.05) is 6.92 Å². The fraction of sp³-hybridized carbons (Fsp3) is 0.333. The van der Waals surface area contributed by atoms with Crippen LogP contribution < -0.4 is 9.62 Å². The average Bonchev–Trinajstić information content (AvgIpc) is 2.94. The van der Waals surface area contributed by atoms with Crippen LogP contribution in [0.4, 0.5) is 18.9 Å². The van der Waals surface area contributed by atoms with Crippen LogP contribution in [0.3, 0.4) is 0 Å². The lowest BCUT2D eigenvalue weighted by Crippen LogP contribution is -2.54. The summed E-state index contributed by atoms with van der Waals surface area (Å²) in [6, 6.07) is 14.2. The highest BCUT2D eigenvalue weighted by Gasteiger charge is 2.36. The van der Waals surface area contributed by atoms with E-state index < -0.39 is 51.9 Å². The lowest BCUT2D eigenvalue weighted by atomic mass is 10.0. The monoisotopic (exact) mass is 691 g/mol. The van der Waals surface area contributed by atoms with Gasteiger partial charge in [-0.2, -0.15) is 13.2 Å². The van der Waals surface area contributed by atoms with Crippen molar-refractivity contribution in [2.24, 2.45) is 0 Å². The van der Waals surface area contributed by atoms with Crippen molar-refractivity contribution in [3.05, 3.63) is 98.5 Å². The van der Waals surface area contributed by atoms with Crippen LogP contribution in [0.15, 0.2) is 66.7 Å². The van der Waals surface area contributed by atoms with Crippen LogP contribution in [0.25, 0.3) is 0 Å². The zero-order chi connectivity index (χ0) is 32.8. The van der Waals surface area contributed by atoms with Gasteiger partial charge >= 0.3 is 6.18 Å². The summed E-state index contributed by atoms with van der Waals surface area (Å²) in [6.07, 6.45) is -3.46. The molecule has 3 aromatic carbocycles. The number of benzene rings is 3. The first-order chi connectivity index (χ1) is 20.5. The molecule has 0 spiro atoms. The molecule has 0 aliphatic heterocycles. The van der Waals surface area contributed by atoms with Crippen LogP contribution >= 0.6 is 34.8 Å². The summed E-state index contributed by atoms with van der Waals surface area (Å²) in [5.41, 5.74) is -0.716. The highest BCUT2D eigenvalue weighted by Crippen LogP contribution is 2.36. The summed E-state index contributed by atoms with van der Waals surface area (Å²) >= 11 is 19.0. The molecule has 1 N–H and O–H groups in total. The SMILES string of the molecule is CC[C@@H](C)NC(=O)[C@H](Cc1ccccc1)N(Cc1c(Cl)cccc1Cl)C(=O)CN(c1cc(C(F)(F)F)ccc1Cl)S(C)(=O)=O. The molecule has 3 aromatic rings. The number of amides is 2. The predicted molar refractivity (Wildman–Crippen MR) is 167 cm³/mol. The number of carbonyl (C=O) groups is 2. The summed E-state index contributed by atoms with van der Waals surface area (Å²) in [7, 11) is -4.37. The molecule has 44 heavy (non-hydrogen) atoms. The molecule has 0 unspecified atom stereocenters. The number of carbonyl (C=O) groups excluding carboxylic acids is 2. The Kier molecular flexibility index (Phi) is 12.0. The largest absolute Gasteiger partial charge is 0.416 e. The van der Waals surface area contributed by atoms with Crippen molar-refractivity contribution in [2.75, 3.05) is 17.1 Å². The molecule has 0 bridgehead atoms. The van der Waals surface area contributed by atoms with E-state index in [1.165, 1.54) is 0 Å². The highest BCUT2D eigenvalue weighted by molar-refractivity contribution is 7.92. The van der Waals surface area contributed by atoms with Gasteiger partial charge in [0.15, 0.2) is 0 Å². The Morgan fingerprint density at radius 2 is 1.55 bits per heavy atom. The van der Waals surface area contributed by atoms with Crippen molar-refractivity contribution >= 4 is 62.3 Å². The maximum Gasteiger partial charge on any atom is 0.416 e. The molecule has 0 fully saturated rings. The molecule has 0 saturated heterocycles. The van der Waals surface area contributed by atoms with E-state index in [1.54, 1.807) is 55.5 Å². The molecule has 2 amide bonds. The number of rotatable bonds is 12. The van der Waals surface area contributed by atoms with Crippen LogP contribution in [-0.4, -0.2) is 50.0 Å². The van der Waals surface area contributed by atoms with Gasteiger partial charge in [-0.25, -0.2) is 8.42 Å². The summed E-state index contributed by atoms with van der Waals surface area (Å²) in [5, 5.41) is 2.93. The van der Waals surface area contributed by atoms with Gasteiger partial charge in [0, 0.05) is 34.6 Å². The molecular weight excluding hydrogens is 662 g/mol. The van der Waals surface area contributed by atoms with Crippen molar-refractivity contribution in [3.8, 4) is 0 Å². The number of halogens is 6. The van der Waals surface area contributed by atoms with Gasteiger partial charge in [0.2, 0.25) is 21.8 Å². The molecule has 2 atom stereocenters. The maximum atomic E-state index is 14.2. The van der Waals surface area contributed by atoms with Crippen molar-refractivity contribution in [2.45, 2.75) is 51.5 Å². The Balaban J connectivity index is 2.17. The summed E-state index contributed by atoms with van der Waals surface area (Å²) in [4.78, 5) is 29.0. The summed E-state index contributed by atoms with van der Waals surface area (Å²) in [6.45, 7) is 2.38. The van der Waals surface area contributed by atoms with Crippen molar-refractivity contribution in [1.29, 1.82) is 0 Å². The Hall–Kier alpha value is -2.99. The van der Waals surface area contributed by atoms with Crippen LogP contribution in [0.2, 0.25) is 15.1 Å². The maximum absolute atomic E-state index is 14.2. The molecule has 0 radical (unpaired) electrons. The normalized spacial score (nSPS) is 13.2. The number of nitrogens with zero attached hydrogens (tertiary/aromatic N) is 2. The van der Waals surface area contributed by atoms with E-state index in [9.17, 15) is 31.2 Å². The zero-order valence-corrected chi connectivity index (χ0v) is 27.1. The molecule has 238 valence electrons. The van der Waals surface area contributed by atoms with Crippen LogP contribution in [0, 0.1) is 0 Å². The number of anilines is 1. The quantitative estimate of drug-likeness (QED) is 0.222. The summed E-state index contributed by atoms with van der Waals surface area (Å²) < 4.78 is 67.0. The van der Waals surface area contributed by atoms with E-state index >= 15 is 0 Å². The predicted octanol–water partition coefficient (Wildman–Crippen LogP) is 6.99.